The summed E-state index contributed by atoms with van der Waals surface area (Å²) in [6, 6.07) is 9.82. The number of hydrogen-bond acceptors (Lipinski definition) is 3. The van der Waals surface area contributed by atoms with E-state index in [2.05, 4.69) is 5.32 Å². The largest absolute Gasteiger partial charge is 0.396 e. The second kappa shape index (κ2) is 7.81. The summed E-state index contributed by atoms with van der Waals surface area (Å²) in [5.41, 5.74) is 1.10. The van der Waals surface area contributed by atoms with Crippen molar-refractivity contribution in [3.8, 4) is 0 Å². The monoisotopic (exact) mass is 236 g/mol. The molecule has 1 aromatic carbocycles. The molecule has 0 unspecified atom stereocenters. The lowest BCUT2D eigenvalue weighted by molar-refractivity contribution is -0.122. The zero-order valence-electron chi connectivity index (χ0n) is 10.2. The predicted molar refractivity (Wildman–Crippen MR) is 67.5 cm³/mol. The molecule has 1 rings (SSSR count). The smallest absolute Gasteiger partial charge is 0.234 e. The Morgan fingerprint density at radius 3 is 2.71 bits per heavy atom. The highest BCUT2D eigenvalue weighted by atomic mass is 16.3. The molecule has 17 heavy (non-hydrogen) atoms. The average Bonchev–Trinajstić information content (AvgIpc) is 2.35. The quantitative estimate of drug-likeness (QED) is 0.729. The van der Waals surface area contributed by atoms with Crippen molar-refractivity contribution in [2.24, 2.45) is 0 Å². The number of nitrogens with zero attached hydrogens (tertiary/aromatic N) is 1. The number of rotatable bonds is 7. The number of carbonyl (C=O) groups is 1. The minimum atomic E-state index is 0.00860. The minimum Gasteiger partial charge on any atom is -0.396 e. The molecule has 0 aliphatic carbocycles. The van der Waals surface area contributed by atoms with E-state index in [1.807, 2.05) is 42.3 Å². The lowest BCUT2D eigenvalue weighted by atomic mass is 10.2. The number of likely N-dealkylation sites (N-methyl/N-ethyl adjacent to an activating group) is 1. The molecule has 0 saturated heterocycles. The molecular weight excluding hydrogens is 216 g/mol. The van der Waals surface area contributed by atoms with Gasteiger partial charge in [0, 0.05) is 19.7 Å². The highest BCUT2D eigenvalue weighted by Crippen LogP contribution is 1.97. The second-order valence-electron chi connectivity index (χ2n) is 4.08. The zero-order valence-corrected chi connectivity index (χ0v) is 10.2. The van der Waals surface area contributed by atoms with Crippen LogP contribution in [-0.4, -0.2) is 42.7 Å². The van der Waals surface area contributed by atoms with Gasteiger partial charge in [-0.2, -0.15) is 0 Å². The first-order chi connectivity index (χ1) is 8.22. The fraction of sp³-hybridized carbons (Fsp3) is 0.462. The van der Waals surface area contributed by atoms with Crippen LogP contribution in [0, 0.1) is 0 Å². The summed E-state index contributed by atoms with van der Waals surface area (Å²) in [4.78, 5) is 13.5. The second-order valence-corrected chi connectivity index (χ2v) is 4.08. The maximum atomic E-state index is 11.6. The Hall–Kier alpha value is -1.39. The standard InChI is InChI=1S/C13H20N2O2/c1-15(8-5-9-16)11-13(17)14-10-12-6-3-2-4-7-12/h2-4,6-7,16H,5,8-11H2,1H3,(H,14,17). The van der Waals surface area contributed by atoms with Gasteiger partial charge in [-0.3, -0.25) is 9.69 Å². The van der Waals surface area contributed by atoms with E-state index in [4.69, 9.17) is 5.11 Å². The van der Waals surface area contributed by atoms with Crippen LogP contribution in [0.2, 0.25) is 0 Å². The number of nitrogens with one attached hydrogen (secondary N) is 1. The van der Waals surface area contributed by atoms with E-state index in [0.717, 1.165) is 12.1 Å². The van der Waals surface area contributed by atoms with Gasteiger partial charge < -0.3 is 10.4 Å². The SMILES string of the molecule is CN(CCCO)CC(=O)NCc1ccccc1. The van der Waals surface area contributed by atoms with Crippen molar-refractivity contribution in [1.29, 1.82) is 0 Å². The van der Waals surface area contributed by atoms with Crippen molar-refractivity contribution in [1.82, 2.24) is 10.2 Å². The van der Waals surface area contributed by atoms with Crippen molar-refractivity contribution in [3.05, 3.63) is 35.9 Å². The first kappa shape index (κ1) is 13.7. The van der Waals surface area contributed by atoms with E-state index in [1.54, 1.807) is 0 Å². The topological polar surface area (TPSA) is 52.6 Å². The van der Waals surface area contributed by atoms with E-state index in [-0.39, 0.29) is 12.5 Å². The Kier molecular flexibility index (Phi) is 6.29. The van der Waals surface area contributed by atoms with E-state index >= 15 is 0 Å². The number of aliphatic hydroxyl groups excluding tert-OH is 1. The molecule has 0 spiro atoms. The van der Waals surface area contributed by atoms with Crippen LogP contribution in [0.3, 0.4) is 0 Å². The summed E-state index contributed by atoms with van der Waals surface area (Å²) in [5.74, 6) is 0.00860. The molecule has 0 bridgehead atoms. The van der Waals surface area contributed by atoms with Gasteiger partial charge in [0.25, 0.3) is 0 Å². The van der Waals surface area contributed by atoms with E-state index < -0.39 is 0 Å². The van der Waals surface area contributed by atoms with Gasteiger partial charge in [-0.15, -0.1) is 0 Å². The summed E-state index contributed by atoms with van der Waals surface area (Å²) in [7, 11) is 1.87. The van der Waals surface area contributed by atoms with Gasteiger partial charge in [0.2, 0.25) is 5.91 Å². The molecule has 1 aromatic rings. The van der Waals surface area contributed by atoms with Gasteiger partial charge in [-0.05, 0) is 19.0 Å². The van der Waals surface area contributed by atoms with Gasteiger partial charge in [-0.1, -0.05) is 30.3 Å². The highest BCUT2D eigenvalue weighted by Gasteiger charge is 2.05. The molecule has 0 aromatic heterocycles. The Bertz CT molecular complexity index is 327. The van der Waals surface area contributed by atoms with Gasteiger partial charge in [-0.25, -0.2) is 0 Å². The maximum absolute atomic E-state index is 11.6. The Morgan fingerprint density at radius 1 is 1.35 bits per heavy atom. The van der Waals surface area contributed by atoms with Gasteiger partial charge in [0.15, 0.2) is 0 Å². The fourth-order valence-corrected chi connectivity index (χ4v) is 1.52. The molecule has 2 N–H and O–H groups in total. The van der Waals surface area contributed by atoms with Crippen LogP contribution in [0.5, 0.6) is 0 Å². The van der Waals surface area contributed by atoms with Crippen LogP contribution in [0.15, 0.2) is 30.3 Å². The normalized spacial score (nSPS) is 10.5. The molecule has 1 amide bonds. The van der Waals surface area contributed by atoms with Crippen LogP contribution in [0.1, 0.15) is 12.0 Å². The van der Waals surface area contributed by atoms with Crippen molar-refractivity contribution >= 4 is 5.91 Å². The third-order valence-electron chi connectivity index (χ3n) is 2.44. The van der Waals surface area contributed by atoms with E-state index in [0.29, 0.717) is 19.5 Å². The molecule has 94 valence electrons. The molecule has 0 aliphatic rings. The number of carbonyl (C=O) groups excluding carboxylic acids is 1. The number of amides is 1. The van der Waals surface area contributed by atoms with Gasteiger partial charge >= 0.3 is 0 Å². The molecule has 0 saturated carbocycles. The van der Waals surface area contributed by atoms with E-state index in [1.165, 1.54) is 0 Å². The average molecular weight is 236 g/mol. The summed E-state index contributed by atoms with van der Waals surface area (Å²) < 4.78 is 0. The van der Waals surface area contributed by atoms with Gasteiger partial charge in [0.1, 0.15) is 0 Å². The zero-order chi connectivity index (χ0) is 12.5. The highest BCUT2D eigenvalue weighted by molar-refractivity contribution is 5.77. The summed E-state index contributed by atoms with van der Waals surface area (Å²) in [5, 5.41) is 11.5. The number of aliphatic hydroxyl groups is 1. The van der Waals surface area contributed by atoms with Gasteiger partial charge in [0.05, 0.1) is 6.54 Å². The predicted octanol–water partition coefficient (Wildman–Crippen LogP) is 0.617. The Morgan fingerprint density at radius 2 is 2.06 bits per heavy atom. The first-order valence-corrected chi connectivity index (χ1v) is 5.82. The van der Waals surface area contributed by atoms with Crippen LogP contribution >= 0.6 is 0 Å². The maximum Gasteiger partial charge on any atom is 0.234 e. The molecule has 0 atom stereocenters. The lowest BCUT2D eigenvalue weighted by Crippen LogP contribution is -2.35. The molecule has 0 fully saturated rings. The Labute approximate surface area is 102 Å². The fourth-order valence-electron chi connectivity index (χ4n) is 1.52. The van der Waals surface area contributed by atoms with E-state index in [9.17, 15) is 4.79 Å². The van der Waals surface area contributed by atoms with Crippen molar-refractivity contribution in [2.75, 3.05) is 26.7 Å². The minimum absolute atomic E-state index is 0.00860. The van der Waals surface area contributed by atoms with Crippen LogP contribution in [0.4, 0.5) is 0 Å². The molecule has 0 radical (unpaired) electrons. The number of benzene rings is 1. The molecule has 4 heteroatoms. The lowest BCUT2D eigenvalue weighted by Gasteiger charge is -2.15. The molecular formula is C13H20N2O2. The van der Waals surface area contributed by atoms with Crippen molar-refractivity contribution in [3.63, 3.8) is 0 Å². The molecule has 0 aliphatic heterocycles. The van der Waals surface area contributed by atoms with Crippen LogP contribution in [0.25, 0.3) is 0 Å². The third kappa shape index (κ3) is 6.04. The first-order valence-electron chi connectivity index (χ1n) is 5.82. The number of hydrogen-bond donors (Lipinski definition) is 2. The van der Waals surface area contributed by atoms with Crippen LogP contribution in [-0.2, 0) is 11.3 Å². The summed E-state index contributed by atoms with van der Waals surface area (Å²) in [6.45, 7) is 1.82. The summed E-state index contributed by atoms with van der Waals surface area (Å²) in [6.07, 6.45) is 0.697. The van der Waals surface area contributed by atoms with Crippen molar-refractivity contribution in [2.45, 2.75) is 13.0 Å². The third-order valence-corrected chi connectivity index (χ3v) is 2.44. The van der Waals surface area contributed by atoms with Crippen molar-refractivity contribution < 1.29 is 9.90 Å². The molecule has 0 heterocycles. The molecule has 4 nitrogen and oxygen atoms in total. The Balaban J connectivity index is 2.21. The van der Waals surface area contributed by atoms with Crippen LogP contribution < -0.4 is 5.32 Å². The summed E-state index contributed by atoms with van der Waals surface area (Å²) >= 11 is 0.